The number of ether oxygens (including phenoxy) is 1. The van der Waals surface area contributed by atoms with E-state index in [4.69, 9.17) is 16.3 Å². The van der Waals surface area contributed by atoms with Gasteiger partial charge in [-0.05, 0) is 38.1 Å². The van der Waals surface area contributed by atoms with Crippen LogP contribution in [0, 0.1) is 6.92 Å². The van der Waals surface area contributed by atoms with Crippen LogP contribution in [0.4, 0.5) is 0 Å². The summed E-state index contributed by atoms with van der Waals surface area (Å²) in [5.41, 5.74) is 0.260. The summed E-state index contributed by atoms with van der Waals surface area (Å²) in [6.45, 7) is 2.57. The minimum atomic E-state index is -0.928. The Morgan fingerprint density at radius 3 is 2.50 bits per heavy atom. The van der Waals surface area contributed by atoms with E-state index in [0.29, 0.717) is 16.4 Å². The molecule has 0 N–H and O–H groups in total. The maximum Gasteiger partial charge on any atom is 0.363 e. The summed E-state index contributed by atoms with van der Waals surface area (Å²) in [6, 6.07) is 8.04. The Balaban J connectivity index is 2.42. The minimum absolute atomic E-state index is 0.321. The predicted molar refractivity (Wildman–Crippen MR) is 80.5 cm³/mol. The first-order valence-corrected chi connectivity index (χ1v) is 6.80. The molecule has 0 aliphatic rings. The monoisotopic (exact) mass is 320 g/mol. The molecule has 0 radical (unpaired) electrons. The number of benzene rings is 1. The predicted octanol–water partition coefficient (Wildman–Crippen LogP) is 1.94. The first-order chi connectivity index (χ1) is 10.4. The van der Waals surface area contributed by atoms with Crippen molar-refractivity contribution >= 4 is 23.4 Å². The zero-order chi connectivity index (χ0) is 16.3. The Morgan fingerprint density at radius 1 is 1.27 bits per heavy atom. The molecule has 22 heavy (non-hydrogen) atoms. The van der Waals surface area contributed by atoms with Crippen molar-refractivity contribution < 1.29 is 14.3 Å². The Labute approximate surface area is 131 Å². The number of halogens is 1. The van der Waals surface area contributed by atoms with Gasteiger partial charge in [-0.3, -0.25) is 9.59 Å². The highest BCUT2D eigenvalue weighted by molar-refractivity contribution is 6.30. The van der Waals surface area contributed by atoms with Crippen molar-refractivity contribution in [3.63, 3.8) is 0 Å². The van der Waals surface area contributed by atoms with Crippen LogP contribution in [0.25, 0.3) is 5.69 Å². The van der Waals surface area contributed by atoms with E-state index in [1.807, 2.05) is 0 Å². The van der Waals surface area contributed by atoms with E-state index < -0.39 is 18.0 Å². The normalized spacial score (nSPS) is 10.3. The van der Waals surface area contributed by atoms with Gasteiger partial charge in [-0.1, -0.05) is 11.6 Å². The number of hydrogen-bond acceptors (Lipinski definition) is 5. The summed E-state index contributed by atoms with van der Waals surface area (Å²) in [6.07, 6.45) is 0. The summed E-state index contributed by atoms with van der Waals surface area (Å²) in [5, 5.41) is 4.58. The molecule has 1 aromatic carbocycles. The molecule has 1 aromatic heterocycles. The van der Waals surface area contributed by atoms with Crippen molar-refractivity contribution in [2.24, 2.45) is 0 Å². The maximum atomic E-state index is 11.9. The van der Waals surface area contributed by atoms with E-state index in [2.05, 4.69) is 5.10 Å². The van der Waals surface area contributed by atoms with Crippen LogP contribution in [-0.4, -0.2) is 28.1 Å². The maximum absolute atomic E-state index is 11.9. The molecule has 0 atom stereocenters. The highest BCUT2D eigenvalue weighted by Crippen LogP contribution is 2.13. The lowest BCUT2D eigenvalue weighted by Crippen LogP contribution is -2.25. The van der Waals surface area contributed by atoms with Gasteiger partial charge in [0.2, 0.25) is 11.1 Å². The van der Waals surface area contributed by atoms with Gasteiger partial charge in [-0.15, -0.1) is 0 Å². The van der Waals surface area contributed by atoms with E-state index in [9.17, 15) is 14.4 Å². The van der Waals surface area contributed by atoms with E-state index in [1.54, 1.807) is 31.2 Å². The average molecular weight is 321 g/mol. The van der Waals surface area contributed by atoms with Crippen LogP contribution in [0.1, 0.15) is 23.1 Å². The Kier molecular flexibility index (Phi) is 4.72. The van der Waals surface area contributed by atoms with Gasteiger partial charge in [0.1, 0.15) is 6.61 Å². The van der Waals surface area contributed by atoms with Gasteiger partial charge in [0, 0.05) is 16.8 Å². The standard InChI is InChI=1S/C15H13ClN2O4/c1-9-7-13(20)14(15(21)22-8-10(2)19)17-18(9)12-5-3-11(16)4-6-12/h3-7H,8H2,1-2H3. The van der Waals surface area contributed by atoms with Crippen LogP contribution in [0.3, 0.4) is 0 Å². The number of carbonyl (C=O) groups is 2. The van der Waals surface area contributed by atoms with Gasteiger partial charge >= 0.3 is 5.97 Å². The van der Waals surface area contributed by atoms with Crippen LogP contribution in [0.15, 0.2) is 35.1 Å². The zero-order valence-corrected chi connectivity index (χ0v) is 12.8. The van der Waals surface area contributed by atoms with Crippen molar-refractivity contribution in [2.75, 3.05) is 6.61 Å². The zero-order valence-electron chi connectivity index (χ0n) is 12.0. The van der Waals surface area contributed by atoms with Crippen molar-refractivity contribution in [3.8, 4) is 5.69 Å². The van der Waals surface area contributed by atoms with Gasteiger partial charge in [0.25, 0.3) is 0 Å². The number of Topliss-reactive ketones (excluding diaryl/α,β-unsaturated/α-hetero) is 1. The van der Waals surface area contributed by atoms with Gasteiger partial charge in [-0.25, -0.2) is 9.48 Å². The smallest absolute Gasteiger partial charge is 0.363 e. The molecule has 1 heterocycles. The van der Waals surface area contributed by atoms with Crippen molar-refractivity contribution in [2.45, 2.75) is 13.8 Å². The second-order valence-electron chi connectivity index (χ2n) is 4.66. The summed E-state index contributed by atoms with van der Waals surface area (Å²) in [7, 11) is 0. The number of aryl methyl sites for hydroxylation is 1. The fraction of sp³-hybridized carbons (Fsp3) is 0.200. The summed E-state index contributed by atoms with van der Waals surface area (Å²) in [4.78, 5) is 34.6. The molecule has 0 aliphatic carbocycles. The second-order valence-corrected chi connectivity index (χ2v) is 5.10. The molecule has 114 valence electrons. The van der Waals surface area contributed by atoms with Gasteiger partial charge in [0.05, 0.1) is 5.69 Å². The summed E-state index contributed by atoms with van der Waals surface area (Å²) in [5.74, 6) is -1.25. The minimum Gasteiger partial charge on any atom is -0.453 e. The summed E-state index contributed by atoms with van der Waals surface area (Å²) >= 11 is 5.83. The molecular formula is C15H13ClN2O4. The van der Waals surface area contributed by atoms with Gasteiger partial charge < -0.3 is 4.74 Å². The molecule has 0 unspecified atom stereocenters. The van der Waals surface area contributed by atoms with Crippen LogP contribution in [0.5, 0.6) is 0 Å². The van der Waals surface area contributed by atoms with Crippen LogP contribution in [-0.2, 0) is 9.53 Å². The number of nitrogens with zero attached hydrogens (tertiary/aromatic N) is 2. The number of rotatable bonds is 4. The van der Waals surface area contributed by atoms with Crippen molar-refractivity contribution in [1.82, 2.24) is 9.78 Å². The lowest BCUT2D eigenvalue weighted by Gasteiger charge is -2.10. The molecule has 2 rings (SSSR count). The molecule has 0 saturated heterocycles. The Hall–Kier alpha value is -2.47. The fourth-order valence-electron chi connectivity index (χ4n) is 1.77. The molecule has 2 aromatic rings. The highest BCUT2D eigenvalue weighted by atomic mass is 35.5. The molecule has 0 amide bonds. The molecule has 6 nitrogen and oxygen atoms in total. The highest BCUT2D eigenvalue weighted by Gasteiger charge is 2.17. The van der Waals surface area contributed by atoms with Crippen LogP contribution in [0.2, 0.25) is 5.02 Å². The van der Waals surface area contributed by atoms with E-state index >= 15 is 0 Å². The third-order valence-corrected chi connectivity index (χ3v) is 3.03. The number of ketones is 1. The summed E-state index contributed by atoms with van der Waals surface area (Å²) < 4.78 is 6.17. The second kappa shape index (κ2) is 6.53. The SMILES string of the molecule is CC(=O)COC(=O)c1nn(-c2ccc(Cl)cc2)c(C)cc1=O. The topological polar surface area (TPSA) is 78.3 Å². The number of esters is 1. The van der Waals surface area contributed by atoms with Crippen LogP contribution < -0.4 is 5.43 Å². The van der Waals surface area contributed by atoms with Crippen molar-refractivity contribution in [1.29, 1.82) is 0 Å². The molecule has 0 aliphatic heterocycles. The van der Waals surface area contributed by atoms with Gasteiger partial charge in [0.15, 0.2) is 5.78 Å². The van der Waals surface area contributed by atoms with E-state index in [-0.39, 0.29) is 11.5 Å². The Morgan fingerprint density at radius 2 is 1.91 bits per heavy atom. The number of hydrogen-bond donors (Lipinski definition) is 0. The average Bonchev–Trinajstić information content (AvgIpc) is 2.46. The van der Waals surface area contributed by atoms with E-state index in [1.165, 1.54) is 17.7 Å². The largest absolute Gasteiger partial charge is 0.453 e. The molecule has 0 spiro atoms. The molecule has 0 bridgehead atoms. The lowest BCUT2D eigenvalue weighted by atomic mass is 10.3. The van der Waals surface area contributed by atoms with Gasteiger partial charge in [-0.2, -0.15) is 5.10 Å². The van der Waals surface area contributed by atoms with Crippen LogP contribution >= 0.6 is 11.6 Å². The third kappa shape index (κ3) is 3.59. The first-order valence-electron chi connectivity index (χ1n) is 6.42. The van der Waals surface area contributed by atoms with Crippen molar-refractivity contribution in [3.05, 3.63) is 57.0 Å². The quantitative estimate of drug-likeness (QED) is 0.804. The third-order valence-electron chi connectivity index (χ3n) is 2.78. The fourth-order valence-corrected chi connectivity index (χ4v) is 1.89. The molecular weight excluding hydrogens is 308 g/mol. The Bertz CT molecular complexity index is 781. The molecule has 7 heteroatoms. The molecule has 0 fully saturated rings. The first kappa shape index (κ1) is 15.9. The lowest BCUT2D eigenvalue weighted by molar-refractivity contribution is -0.120. The molecule has 0 saturated carbocycles. The number of aromatic nitrogens is 2. The van der Waals surface area contributed by atoms with E-state index in [0.717, 1.165) is 0 Å². The number of carbonyl (C=O) groups excluding carboxylic acids is 2.